The molecule has 128 valence electrons. The summed E-state index contributed by atoms with van der Waals surface area (Å²) >= 11 is 6.00. The van der Waals surface area contributed by atoms with E-state index in [1.54, 1.807) is 6.07 Å². The van der Waals surface area contributed by atoms with E-state index in [4.69, 9.17) is 21.3 Å². The molecule has 0 amide bonds. The van der Waals surface area contributed by atoms with Gasteiger partial charge in [0.05, 0.1) is 10.9 Å². The molecule has 4 rings (SSSR count). The van der Waals surface area contributed by atoms with Crippen molar-refractivity contribution in [3.05, 3.63) is 69.2 Å². The van der Waals surface area contributed by atoms with E-state index in [0.717, 1.165) is 49.1 Å². The van der Waals surface area contributed by atoms with Crippen LogP contribution in [0.1, 0.15) is 30.7 Å². The Labute approximate surface area is 151 Å². The molecule has 2 heterocycles. The first-order valence-electron chi connectivity index (χ1n) is 8.61. The molecule has 25 heavy (non-hydrogen) atoms. The fourth-order valence-electron chi connectivity index (χ4n) is 3.28. The highest BCUT2D eigenvalue weighted by Crippen LogP contribution is 2.21. The summed E-state index contributed by atoms with van der Waals surface area (Å²) in [5, 5.41) is 1.30. The molecule has 0 bridgehead atoms. The molecular weight excluding hydrogens is 336 g/mol. The Morgan fingerprint density at radius 2 is 2.04 bits per heavy atom. The molecule has 0 fully saturated rings. The van der Waals surface area contributed by atoms with Crippen LogP contribution in [0.5, 0.6) is 5.75 Å². The number of halogens is 1. The summed E-state index contributed by atoms with van der Waals surface area (Å²) in [6.07, 6.45) is 4.15. The van der Waals surface area contributed by atoms with E-state index < -0.39 is 0 Å². The molecule has 4 nitrogen and oxygen atoms in total. The van der Waals surface area contributed by atoms with E-state index in [0.29, 0.717) is 22.8 Å². The van der Waals surface area contributed by atoms with Gasteiger partial charge in [0.15, 0.2) is 0 Å². The van der Waals surface area contributed by atoms with Crippen LogP contribution in [0.25, 0.3) is 10.9 Å². The van der Waals surface area contributed by atoms with Crippen molar-refractivity contribution in [2.75, 3.05) is 0 Å². The van der Waals surface area contributed by atoms with Crippen LogP contribution < -0.4 is 10.3 Å². The SMILES string of the molecule is O=c1c2cc(OCc3cccc(Cl)c3)ccc2nc2n1CCCCC2. The minimum Gasteiger partial charge on any atom is -0.489 e. The summed E-state index contributed by atoms with van der Waals surface area (Å²) in [7, 11) is 0. The third-order valence-corrected chi connectivity index (χ3v) is 4.82. The Kier molecular flexibility index (Phi) is 4.45. The molecular formula is C20H19ClN2O2. The molecule has 0 spiro atoms. The van der Waals surface area contributed by atoms with E-state index in [2.05, 4.69) is 0 Å². The maximum Gasteiger partial charge on any atom is 0.261 e. The Bertz CT molecular complexity index is 981. The van der Waals surface area contributed by atoms with Gasteiger partial charge in [-0.3, -0.25) is 9.36 Å². The smallest absolute Gasteiger partial charge is 0.261 e. The van der Waals surface area contributed by atoms with Crippen molar-refractivity contribution in [1.29, 1.82) is 0 Å². The molecule has 2 aromatic carbocycles. The molecule has 1 aliphatic heterocycles. The summed E-state index contributed by atoms with van der Waals surface area (Å²) < 4.78 is 7.67. The Hall–Kier alpha value is -2.33. The quantitative estimate of drug-likeness (QED) is 0.702. The average molecular weight is 355 g/mol. The first-order chi connectivity index (χ1) is 12.2. The molecule has 0 aliphatic carbocycles. The minimum atomic E-state index is 0.0371. The summed E-state index contributed by atoms with van der Waals surface area (Å²) in [5.74, 6) is 1.57. The van der Waals surface area contributed by atoms with Gasteiger partial charge in [-0.2, -0.15) is 0 Å². The van der Waals surface area contributed by atoms with Crippen LogP contribution in [-0.4, -0.2) is 9.55 Å². The molecule has 5 heteroatoms. The van der Waals surface area contributed by atoms with Gasteiger partial charge >= 0.3 is 0 Å². The van der Waals surface area contributed by atoms with Crippen molar-refractivity contribution in [3.63, 3.8) is 0 Å². The third kappa shape index (κ3) is 3.40. The summed E-state index contributed by atoms with van der Waals surface area (Å²) in [6, 6.07) is 13.1. The normalized spacial score (nSPS) is 14.1. The number of benzene rings is 2. The molecule has 0 saturated carbocycles. The van der Waals surface area contributed by atoms with Gasteiger partial charge in [-0.05, 0) is 48.7 Å². The van der Waals surface area contributed by atoms with Crippen LogP contribution in [0.2, 0.25) is 5.02 Å². The van der Waals surface area contributed by atoms with E-state index >= 15 is 0 Å². The average Bonchev–Trinajstić information content (AvgIpc) is 2.86. The van der Waals surface area contributed by atoms with Gasteiger partial charge < -0.3 is 4.74 Å². The highest BCUT2D eigenvalue weighted by molar-refractivity contribution is 6.30. The van der Waals surface area contributed by atoms with Crippen molar-refractivity contribution in [2.45, 2.75) is 38.8 Å². The van der Waals surface area contributed by atoms with Crippen LogP contribution in [0, 0.1) is 0 Å². The van der Waals surface area contributed by atoms with Crippen LogP contribution in [0.15, 0.2) is 47.3 Å². The van der Waals surface area contributed by atoms with Crippen LogP contribution in [0.4, 0.5) is 0 Å². The van der Waals surface area contributed by atoms with Crippen LogP contribution in [0.3, 0.4) is 0 Å². The van der Waals surface area contributed by atoms with Crippen molar-refractivity contribution in [3.8, 4) is 5.75 Å². The fourth-order valence-corrected chi connectivity index (χ4v) is 3.49. The van der Waals surface area contributed by atoms with Crippen molar-refractivity contribution in [2.24, 2.45) is 0 Å². The standard InChI is InChI=1S/C20H19ClN2O2/c21-15-6-4-5-14(11-15)13-25-16-8-9-18-17(12-16)20(24)23-10-3-1-2-7-19(23)22-18/h4-6,8-9,11-12H,1-3,7,10,13H2. The number of hydrogen-bond acceptors (Lipinski definition) is 3. The highest BCUT2D eigenvalue weighted by atomic mass is 35.5. The predicted molar refractivity (Wildman–Crippen MR) is 99.3 cm³/mol. The van der Waals surface area contributed by atoms with E-state index in [-0.39, 0.29) is 5.56 Å². The maximum absolute atomic E-state index is 12.8. The third-order valence-electron chi connectivity index (χ3n) is 4.58. The molecule has 0 radical (unpaired) electrons. The summed E-state index contributed by atoms with van der Waals surface area (Å²) in [4.78, 5) is 17.5. The zero-order chi connectivity index (χ0) is 17.2. The Balaban J connectivity index is 1.65. The molecule has 1 aromatic heterocycles. The molecule has 0 saturated heterocycles. The molecule has 0 N–H and O–H groups in total. The first kappa shape index (κ1) is 16.2. The lowest BCUT2D eigenvalue weighted by atomic mass is 10.2. The highest BCUT2D eigenvalue weighted by Gasteiger charge is 2.14. The molecule has 0 unspecified atom stereocenters. The van der Waals surface area contributed by atoms with Crippen molar-refractivity contribution in [1.82, 2.24) is 9.55 Å². The van der Waals surface area contributed by atoms with Crippen molar-refractivity contribution >= 4 is 22.5 Å². The lowest BCUT2D eigenvalue weighted by Crippen LogP contribution is -2.24. The van der Waals surface area contributed by atoms with Crippen molar-refractivity contribution < 1.29 is 4.74 Å². The second-order valence-corrected chi connectivity index (χ2v) is 6.83. The number of hydrogen-bond donors (Lipinski definition) is 0. The summed E-state index contributed by atoms with van der Waals surface area (Å²) in [5.41, 5.74) is 1.77. The van der Waals surface area contributed by atoms with Gasteiger partial charge in [0, 0.05) is 18.0 Å². The molecule has 1 aliphatic rings. The number of aromatic nitrogens is 2. The maximum atomic E-state index is 12.8. The number of aryl methyl sites for hydroxylation is 1. The Morgan fingerprint density at radius 3 is 2.92 bits per heavy atom. The zero-order valence-electron chi connectivity index (χ0n) is 13.9. The topological polar surface area (TPSA) is 44.1 Å². The van der Waals surface area contributed by atoms with E-state index in [1.807, 2.05) is 41.0 Å². The second-order valence-electron chi connectivity index (χ2n) is 6.39. The number of rotatable bonds is 3. The van der Waals surface area contributed by atoms with Crippen LogP contribution in [-0.2, 0) is 19.6 Å². The number of fused-ring (bicyclic) bond motifs is 2. The van der Waals surface area contributed by atoms with Crippen LogP contribution >= 0.6 is 11.6 Å². The number of nitrogens with zero attached hydrogens (tertiary/aromatic N) is 2. The lowest BCUT2D eigenvalue weighted by Gasteiger charge is -2.11. The van der Waals surface area contributed by atoms with E-state index in [1.165, 1.54) is 0 Å². The molecule has 3 aromatic rings. The Morgan fingerprint density at radius 1 is 1.12 bits per heavy atom. The van der Waals surface area contributed by atoms with E-state index in [9.17, 15) is 4.79 Å². The van der Waals surface area contributed by atoms with Gasteiger partial charge in [0.1, 0.15) is 18.2 Å². The first-order valence-corrected chi connectivity index (χ1v) is 8.99. The van der Waals surface area contributed by atoms with Gasteiger partial charge in [-0.25, -0.2) is 4.98 Å². The predicted octanol–water partition coefficient (Wildman–Crippen LogP) is 4.36. The number of ether oxygens (including phenoxy) is 1. The monoisotopic (exact) mass is 354 g/mol. The zero-order valence-corrected chi connectivity index (χ0v) is 14.6. The summed E-state index contributed by atoms with van der Waals surface area (Å²) in [6.45, 7) is 1.16. The van der Waals surface area contributed by atoms with Gasteiger partial charge in [0.2, 0.25) is 0 Å². The molecule has 0 atom stereocenters. The van der Waals surface area contributed by atoms with Gasteiger partial charge in [0.25, 0.3) is 5.56 Å². The lowest BCUT2D eigenvalue weighted by molar-refractivity contribution is 0.306. The van der Waals surface area contributed by atoms with Gasteiger partial charge in [-0.1, -0.05) is 30.2 Å². The second kappa shape index (κ2) is 6.89. The largest absolute Gasteiger partial charge is 0.489 e. The fraction of sp³-hybridized carbons (Fsp3) is 0.300. The minimum absolute atomic E-state index is 0.0371. The van der Waals surface area contributed by atoms with Gasteiger partial charge in [-0.15, -0.1) is 0 Å².